The third kappa shape index (κ3) is 4.41. The molecule has 0 bridgehead atoms. The zero-order chi connectivity index (χ0) is 13.9. The number of carbonyl (C=O) groups is 1. The van der Waals surface area contributed by atoms with E-state index in [-0.39, 0.29) is 47.7 Å². The number of carbonyl (C=O) groups excluding carboxylic acids is 1. The molecule has 1 rings (SSSR count). The molecule has 7 heteroatoms. The van der Waals surface area contributed by atoms with Gasteiger partial charge in [-0.15, -0.1) is 0 Å². The number of sulfonamides is 1. The van der Waals surface area contributed by atoms with E-state index in [2.05, 4.69) is 0 Å². The molecule has 0 saturated carbocycles. The van der Waals surface area contributed by atoms with Gasteiger partial charge in [0, 0.05) is 70.1 Å². The Morgan fingerprint density at radius 1 is 1.11 bits per heavy atom. The Morgan fingerprint density at radius 2 is 1.58 bits per heavy atom. The van der Waals surface area contributed by atoms with Crippen LogP contribution in [0.2, 0.25) is 0 Å². The second-order valence-corrected chi connectivity index (χ2v) is 6.24. The zero-order valence-corrected chi connectivity index (χ0v) is 13.9. The Balaban J connectivity index is 0.00000324. The fourth-order valence-electron chi connectivity index (χ4n) is 1.43. The smallest absolute Gasteiger partial charge is 0.242 e. The third-order valence-electron chi connectivity index (χ3n) is 2.68. The minimum Gasteiger partial charge on any atom is -0.316 e. The quantitative estimate of drug-likeness (QED) is 0.711. The molecule has 1 amide bonds. The van der Waals surface area contributed by atoms with Gasteiger partial charge in [0.25, 0.3) is 0 Å². The van der Waals surface area contributed by atoms with E-state index in [1.54, 1.807) is 26.1 Å². The van der Waals surface area contributed by atoms with E-state index in [0.29, 0.717) is 12.1 Å². The van der Waals surface area contributed by atoms with Crippen LogP contribution in [-0.2, 0) is 14.8 Å². The van der Waals surface area contributed by atoms with Gasteiger partial charge >= 0.3 is 0 Å². The number of hydrogen-bond donors (Lipinski definition) is 0. The van der Waals surface area contributed by atoms with Gasteiger partial charge in [-0.2, -0.15) is 0 Å². The summed E-state index contributed by atoms with van der Waals surface area (Å²) in [6.45, 7) is 1.78. The minimum absolute atomic E-state index is 0. The first-order valence-electron chi connectivity index (χ1n) is 5.60. The molecule has 0 heterocycles. The average molecular weight is 439 g/mol. The van der Waals surface area contributed by atoms with Crippen LogP contribution in [0.4, 0.5) is 5.69 Å². The molecule has 0 saturated heterocycles. The predicted molar refractivity (Wildman–Crippen MR) is 71.0 cm³/mol. The average Bonchev–Trinajstić information content (AvgIpc) is 2.36. The number of amides is 1. The van der Waals surface area contributed by atoms with Gasteiger partial charge in [-0.05, 0) is 24.3 Å². The molecule has 0 aliphatic carbocycles. The summed E-state index contributed by atoms with van der Waals surface area (Å²) in [5, 5.41) is 0. The molecular weight excluding hydrogens is 421 g/mol. The zero-order valence-electron chi connectivity index (χ0n) is 11.3. The fraction of sp³-hybridized carbons (Fsp3) is 0.417. The molecule has 1 aromatic rings. The Hall–Kier alpha value is -0.166. The third-order valence-corrected chi connectivity index (χ3v) is 4.51. The van der Waals surface area contributed by atoms with Crippen molar-refractivity contribution in [1.82, 2.24) is 4.31 Å². The monoisotopic (exact) mass is 439 g/mol. The largest absolute Gasteiger partial charge is 0.316 e. The number of benzene rings is 1. The molecule has 0 atom stereocenters. The Labute approximate surface area is 143 Å². The molecule has 5 nitrogen and oxygen atoms in total. The first-order valence-corrected chi connectivity index (χ1v) is 7.04. The van der Waals surface area contributed by atoms with Crippen LogP contribution in [-0.4, -0.2) is 39.8 Å². The summed E-state index contributed by atoms with van der Waals surface area (Å²) in [6, 6.07) is 6.27. The van der Waals surface area contributed by atoms with Crippen LogP contribution < -0.4 is 4.90 Å². The standard InChI is InChI=1S/C12H18N2O3S.Tm/c1-5-12(15)14(4)10-6-8-11(9-7-10)18(16,17)13(2)3;/h6-9H,5H2,1-4H3;. The van der Waals surface area contributed by atoms with E-state index in [0.717, 1.165) is 4.31 Å². The summed E-state index contributed by atoms with van der Waals surface area (Å²) in [5.74, 6) is -0.0155. The van der Waals surface area contributed by atoms with Crippen molar-refractivity contribution in [1.29, 1.82) is 0 Å². The molecule has 0 fully saturated rings. The summed E-state index contributed by atoms with van der Waals surface area (Å²) in [6.07, 6.45) is 0.411. The molecule has 19 heavy (non-hydrogen) atoms. The molecule has 0 spiro atoms. The molecule has 0 aromatic heterocycles. The van der Waals surface area contributed by atoms with E-state index in [4.69, 9.17) is 0 Å². The summed E-state index contributed by atoms with van der Waals surface area (Å²) < 4.78 is 24.9. The maximum absolute atomic E-state index is 11.8. The summed E-state index contributed by atoms with van der Waals surface area (Å²) in [4.78, 5) is 13.2. The van der Waals surface area contributed by atoms with Gasteiger partial charge in [0.05, 0.1) is 4.90 Å². The number of anilines is 1. The molecule has 1 radical (unpaired) electrons. The molecule has 0 N–H and O–H groups in total. The summed E-state index contributed by atoms with van der Waals surface area (Å²) in [7, 11) is 1.22. The summed E-state index contributed by atoms with van der Waals surface area (Å²) in [5.41, 5.74) is 0.680. The maximum Gasteiger partial charge on any atom is 0.242 e. The van der Waals surface area contributed by atoms with Gasteiger partial charge in [0.2, 0.25) is 15.9 Å². The van der Waals surface area contributed by atoms with Crippen LogP contribution in [0.3, 0.4) is 0 Å². The van der Waals surface area contributed by atoms with Gasteiger partial charge in [0.15, 0.2) is 0 Å². The van der Waals surface area contributed by atoms with E-state index in [1.807, 2.05) is 0 Å². The van der Waals surface area contributed by atoms with Crippen LogP contribution in [0.5, 0.6) is 0 Å². The summed E-state index contributed by atoms with van der Waals surface area (Å²) >= 11 is 0. The normalized spacial score (nSPS) is 11.0. The van der Waals surface area contributed by atoms with Crippen LogP contribution in [0.15, 0.2) is 29.2 Å². The Kier molecular flexibility index (Phi) is 7.51. The SMILES string of the molecule is CCC(=O)N(C)c1ccc(S(=O)(=O)N(C)C)cc1.[Tm]. The molecule has 1 aromatic carbocycles. The van der Waals surface area contributed by atoms with Crippen molar-refractivity contribution in [2.75, 3.05) is 26.0 Å². The first kappa shape index (κ1) is 18.8. The van der Waals surface area contributed by atoms with Crippen LogP contribution in [0.25, 0.3) is 0 Å². The van der Waals surface area contributed by atoms with Crippen molar-refractivity contribution in [3.05, 3.63) is 24.3 Å². The fourth-order valence-corrected chi connectivity index (χ4v) is 2.34. The van der Waals surface area contributed by atoms with Crippen molar-refractivity contribution < 1.29 is 50.1 Å². The second kappa shape index (κ2) is 7.57. The molecule has 0 aliphatic heterocycles. The van der Waals surface area contributed by atoms with Gasteiger partial charge < -0.3 is 4.90 Å². The van der Waals surface area contributed by atoms with Crippen molar-refractivity contribution in [3.63, 3.8) is 0 Å². The number of nitrogens with zero attached hydrogens (tertiary/aromatic N) is 2. The second-order valence-electron chi connectivity index (χ2n) is 4.09. The topological polar surface area (TPSA) is 57.7 Å². The van der Waals surface area contributed by atoms with Gasteiger partial charge in [-0.25, -0.2) is 12.7 Å². The van der Waals surface area contributed by atoms with E-state index >= 15 is 0 Å². The van der Waals surface area contributed by atoms with E-state index in [1.165, 1.54) is 31.1 Å². The van der Waals surface area contributed by atoms with Crippen LogP contribution in [0.1, 0.15) is 13.3 Å². The van der Waals surface area contributed by atoms with E-state index < -0.39 is 10.0 Å². The molecular formula is C12H18N2O3STm. The molecule has 0 aliphatic rings. The van der Waals surface area contributed by atoms with Crippen molar-refractivity contribution in [3.8, 4) is 0 Å². The maximum atomic E-state index is 11.8. The molecule has 113 valence electrons. The van der Waals surface area contributed by atoms with Crippen molar-refractivity contribution in [2.45, 2.75) is 18.2 Å². The van der Waals surface area contributed by atoms with Gasteiger partial charge in [0.1, 0.15) is 0 Å². The van der Waals surface area contributed by atoms with Crippen LogP contribution >= 0.6 is 0 Å². The predicted octanol–water partition coefficient (Wildman–Crippen LogP) is 1.31. The van der Waals surface area contributed by atoms with Crippen molar-refractivity contribution in [2.24, 2.45) is 0 Å². The Bertz CT molecular complexity index is 526. The Morgan fingerprint density at radius 3 is 1.95 bits per heavy atom. The number of rotatable bonds is 4. The minimum atomic E-state index is -3.42. The first-order chi connectivity index (χ1) is 8.30. The van der Waals surface area contributed by atoms with Crippen molar-refractivity contribution >= 4 is 21.6 Å². The van der Waals surface area contributed by atoms with Gasteiger partial charge in [-0.3, -0.25) is 4.79 Å². The molecule has 0 unspecified atom stereocenters. The number of hydrogen-bond acceptors (Lipinski definition) is 3. The van der Waals surface area contributed by atoms with Crippen LogP contribution in [0, 0.1) is 36.9 Å². The van der Waals surface area contributed by atoms with E-state index in [9.17, 15) is 13.2 Å². The van der Waals surface area contributed by atoms with Gasteiger partial charge in [-0.1, -0.05) is 6.92 Å².